The number of rotatable bonds is 3. The highest BCUT2D eigenvalue weighted by Gasteiger charge is 2.10. The third kappa shape index (κ3) is 2.33. The molecule has 4 nitrogen and oxygen atoms in total. The van der Waals surface area contributed by atoms with Crippen LogP contribution in [-0.2, 0) is 0 Å². The summed E-state index contributed by atoms with van der Waals surface area (Å²) in [6.07, 6.45) is 1.98. The quantitative estimate of drug-likeness (QED) is 0.776. The summed E-state index contributed by atoms with van der Waals surface area (Å²) in [6.45, 7) is 0. The lowest BCUT2D eigenvalue weighted by atomic mass is 10.2. The molecule has 0 fully saturated rings. The van der Waals surface area contributed by atoms with Gasteiger partial charge < -0.3 is 4.74 Å². The van der Waals surface area contributed by atoms with Crippen LogP contribution in [-0.4, -0.2) is 11.3 Å². The van der Waals surface area contributed by atoms with Crippen molar-refractivity contribution in [1.29, 1.82) is 5.26 Å². The predicted molar refractivity (Wildman–Crippen MR) is 60.8 cm³/mol. The van der Waals surface area contributed by atoms with Gasteiger partial charge in [0.05, 0.1) is 0 Å². The van der Waals surface area contributed by atoms with Crippen molar-refractivity contribution in [2.75, 3.05) is 0 Å². The van der Waals surface area contributed by atoms with Crippen molar-refractivity contribution in [2.45, 2.75) is 0 Å². The molecule has 0 radical (unpaired) electrons. The number of nitriles is 1. The summed E-state index contributed by atoms with van der Waals surface area (Å²) in [7, 11) is 0. The molecule has 88 valence electrons. The van der Waals surface area contributed by atoms with Gasteiger partial charge in [0, 0.05) is 17.8 Å². The Kier molecular flexibility index (Phi) is 3.30. The number of carbonyl (C=O) groups is 1. The monoisotopic (exact) mass is 242 g/mol. The highest BCUT2D eigenvalue weighted by Crippen LogP contribution is 2.25. The van der Waals surface area contributed by atoms with E-state index >= 15 is 0 Å². The molecular formula is C13H7FN2O2. The van der Waals surface area contributed by atoms with E-state index in [1.54, 1.807) is 6.07 Å². The van der Waals surface area contributed by atoms with Crippen molar-refractivity contribution in [3.63, 3.8) is 0 Å². The fraction of sp³-hybridized carbons (Fsp3) is 0. The summed E-state index contributed by atoms with van der Waals surface area (Å²) < 4.78 is 18.6. The second kappa shape index (κ2) is 5.06. The van der Waals surface area contributed by atoms with Gasteiger partial charge in [-0.1, -0.05) is 6.07 Å². The molecule has 0 amide bonds. The lowest BCUT2D eigenvalue weighted by Gasteiger charge is -2.06. The largest absolute Gasteiger partial charge is 0.438 e. The Bertz CT molecular complexity index is 618. The number of nitrogens with zero attached hydrogens (tertiary/aromatic N) is 2. The standard InChI is InChI=1S/C13H7FN2O2/c14-11-2-1-3-12(10(11)6-15)18-13-5-4-9(8-17)7-16-13/h1-5,7-8H. The Morgan fingerprint density at radius 1 is 1.33 bits per heavy atom. The minimum atomic E-state index is -0.653. The smallest absolute Gasteiger partial charge is 0.219 e. The molecule has 2 rings (SSSR count). The molecule has 0 aliphatic carbocycles. The van der Waals surface area contributed by atoms with Crippen LogP contribution in [0, 0.1) is 17.1 Å². The number of ether oxygens (including phenoxy) is 1. The average Bonchev–Trinajstić information content (AvgIpc) is 2.40. The van der Waals surface area contributed by atoms with Gasteiger partial charge >= 0.3 is 0 Å². The van der Waals surface area contributed by atoms with Gasteiger partial charge in [0.25, 0.3) is 0 Å². The molecule has 18 heavy (non-hydrogen) atoms. The molecule has 0 saturated carbocycles. The number of pyridine rings is 1. The zero-order chi connectivity index (χ0) is 13.0. The Labute approximate surface area is 102 Å². The molecular weight excluding hydrogens is 235 g/mol. The van der Waals surface area contributed by atoms with E-state index in [-0.39, 0.29) is 17.2 Å². The summed E-state index contributed by atoms with van der Waals surface area (Å²) in [4.78, 5) is 14.3. The lowest BCUT2D eigenvalue weighted by molar-refractivity contribution is 0.112. The third-order valence-electron chi connectivity index (χ3n) is 2.20. The molecule has 0 bridgehead atoms. The molecule has 2 aromatic rings. The SMILES string of the molecule is N#Cc1c(F)cccc1Oc1ccc(C=O)cn1. The normalized spacial score (nSPS) is 9.56. The first-order valence-electron chi connectivity index (χ1n) is 5.02. The first kappa shape index (κ1) is 11.7. The summed E-state index contributed by atoms with van der Waals surface area (Å²) in [5.74, 6) is -0.383. The Hall–Kier alpha value is -2.74. The van der Waals surface area contributed by atoms with Crippen LogP contribution in [0.15, 0.2) is 36.5 Å². The molecule has 1 heterocycles. The van der Waals surface area contributed by atoms with Crippen LogP contribution in [0.2, 0.25) is 0 Å². The zero-order valence-electron chi connectivity index (χ0n) is 9.13. The molecule has 0 spiro atoms. The second-order valence-corrected chi connectivity index (χ2v) is 3.37. The molecule has 0 atom stereocenters. The fourth-order valence-corrected chi connectivity index (χ4v) is 1.33. The van der Waals surface area contributed by atoms with E-state index in [2.05, 4.69) is 4.98 Å². The fourth-order valence-electron chi connectivity index (χ4n) is 1.33. The topological polar surface area (TPSA) is 63.0 Å². The number of carbonyl (C=O) groups excluding carboxylic acids is 1. The van der Waals surface area contributed by atoms with Crippen molar-refractivity contribution < 1.29 is 13.9 Å². The van der Waals surface area contributed by atoms with Gasteiger partial charge in [-0.2, -0.15) is 5.26 Å². The number of benzene rings is 1. The zero-order valence-corrected chi connectivity index (χ0v) is 9.13. The summed E-state index contributed by atoms with van der Waals surface area (Å²) >= 11 is 0. The van der Waals surface area contributed by atoms with Crippen LogP contribution >= 0.6 is 0 Å². The van der Waals surface area contributed by atoms with E-state index in [9.17, 15) is 9.18 Å². The lowest BCUT2D eigenvalue weighted by Crippen LogP contribution is -1.93. The second-order valence-electron chi connectivity index (χ2n) is 3.37. The molecule has 1 aromatic heterocycles. The van der Waals surface area contributed by atoms with Gasteiger partial charge in [0.2, 0.25) is 5.88 Å². The van der Waals surface area contributed by atoms with Crippen LogP contribution < -0.4 is 4.74 Å². The van der Waals surface area contributed by atoms with Gasteiger partial charge in [-0.05, 0) is 18.2 Å². The average molecular weight is 242 g/mol. The number of hydrogen-bond acceptors (Lipinski definition) is 4. The number of aromatic nitrogens is 1. The number of halogens is 1. The van der Waals surface area contributed by atoms with Gasteiger partial charge in [-0.15, -0.1) is 0 Å². The molecule has 0 saturated heterocycles. The minimum Gasteiger partial charge on any atom is -0.438 e. The van der Waals surface area contributed by atoms with E-state index in [0.29, 0.717) is 11.8 Å². The molecule has 5 heteroatoms. The van der Waals surface area contributed by atoms with Gasteiger partial charge in [-0.25, -0.2) is 9.37 Å². The highest BCUT2D eigenvalue weighted by atomic mass is 19.1. The summed E-state index contributed by atoms with van der Waals surface area (Å²) in [5.41, 5.74) is 0.223. The first-order valence-corrected chi connectivity index (χ1v) is 5.02. The Morgan fingerprint density at radius 2 is 2.17 bits per heavy atom. The van der Waals surface area contributed by atoms with Crippen molar-refractivity contribution in [2.24, 2.45) is 0 Å². The van der Waals surface area contributed by atoms with E-state index in [0.717, 1.165) is 0 Å². The van der Waals surface area contributed by atoms with Crippen molar-refractivity contribution in [3.05, 3.63) is 53.5 Å². The molecule has 0 aliphatic rings. The predicted octanol–water partition coefficient (Wildman–Crippen LogP) is 2.70. The van der Waals surface area contributed by atoms with Crippen LogP contribution in [0.1, 0.15) is 15.9 Å². The Morgan fingerprint density at radius 3 is 2.78 bits per heavy atom. The van der Waals surface area contributed by atoms with Crippen LogP contribution in [0.4, 0.5) is 4.39 Å². The van der Waals surface area contributed by atoms with Gasteiger partial charge in [0.15, 0.2) is 6.29 Å². The number of aldehydes is 1. The maximum Gasteiger partial charge on any atom is 0.219 e. The van der Waals surface area contributed by atoms with E-state index in [1.807, 2.05) is 0 Å². The molecule has 0 unspecified atom stereocenters. The van der Waals surface area contributed by atoms with Gasteiger partial charge in [-0.3, -0.25) is 4.79 Å². The summed E-state index contributed by atoms with van der Waals surface area (Å²) in [5, 5.41) is 8.82. The van der Waals surface area contributed by atoms with Crippen LogP contribution in [0.5, 0.6) is 11.6 Å². The summed E-state index contributed by atoms with van der Waals surface area (Å²) in [6, 6.07) is 8.79. The van der Waals surface area contributed by atoms with Crippen LogP contribution in [0.3, 0.4) is 0 Å². The highest BCUT2D eigenvalue weighted by molar-refractivity contribution is 5.74. The maximum atomic E-state index is 13.3. The first-order chi connectivity index (χ1) is 8.74. The van der Waals surface area contributed by atoms with Crippen molar-refractivity contribution in [1.82, 2.24) is 4.98 Å². The molecule has 0 N–H and O–H groups in total. The van der Waals surface area contributed by atoms with E-state index in [1.165, 1.54) is 36.5 Å². The van der Waals surface area contributed by atoms with Crippen LogP contribution in [0.25, 0.3) is 0 Å². The molecule has 0 aliphatic heterocycles. The van der Waals surface area contributed by atoms with E-state index in [4.69, 9.17) is 10.00 Å². The van der Waals surface area contributed by atoms with Gasteiger partial charge in [0.1, 0.15) is 23.2 Å². The maximum absolute atomic E-state index is 13.3. The van der Waals surface area contributed by atoms with Crippen molar-refractivity contribution in [3.8, 4) is 17.7 Å². The van der Waals surface area contributed by atoms with Crippen molar-refractivity contribution >= 4 is 6.29 Å². The Balaban J connectivity index is 2.31. The van der Waals surface area contributed by atoms with E-state index < -0.39 is 5.82 Å². The molecule has 1 aromatic carbocycles. The minimum absolute atomic E-state index is 0.0869. The third-order valence-corrected chi connectivity index (χ3v) is 2.20. The number of hydrogen-bond donors (Lipinski definition) is 0.